The maximum Gasteiger partial charge on any atom is 0.258 e. The van der Waals surface area contributed by atoms with Crippen LogP contribution >= 0.6 is 27.7 Å². The SMILES string of the molecule is Cc1cc(CN2CCSCC2)ccc1NC(=O)c1cnn(-c2ccc(Br)cc2)c1. The maximum atomic E-state index is 12.7. The number of aryl methyl sites for hydroxylation is 1. The molecule has 150 valence electrons. The van der Waals surface area contributed by atoms with Crippen molar-refractivity contribution in [1.29, 1.82) is 0 Å². The Balaban J connectivity index is 1.42. The zero-order valence-corrected chi connectivity index (χ0v) is 18.7. The third-order valence-corrected chi connectivity index (χ3v) is 6.46. The Hall–Kier alpha value is -2.09. The second kappa shape index (κ2) is 9.15. The quantitative estimate of drug-likeness (QED) is 0.584. The Labute approximate surface area is 183 Å². The smallest absolute Gasteiger partial charge is 0.258 e. The van der Waals surface area contributed by atoms with Crippen LogP contribution < -0.4 is 5.32 Å². The lowest BCUT2D eigenvalue weighted by Crippen LogP contribution is -2.31. The standard InChI is InChI=1S/C22H23BrN4OS/c1-16-12-17(14-26-8-10-29-11-9-26)2-7-21(16)25-22(28)18-13-24-27(15-18)20-5-3-19(23)4-6-20/h2-7,12-13,15H,8-11,14H2,1H3,(H,25,28). The number of aromatic nitrogens is 2. The molecule has 0 bridgehead atoms. The molecule has 3 aromatic rings. The number of nitrogens with zero attached hydrogens (tertiary/aromatic N) is 3. The Morgan fingerprint density at radius 2 is 1.93 bits per heavy atom. The number of thioether (sulfide) groups is 1. The van der Waals surface area contributed by atoms with Gasteiger partial charge in [0.1, 0.15) is 0 Å². The molecule has 2 aromatic carbocycles. The van der Waals surface area contributed by atoms with Crippen LogP contribution in [0.1, 0.15) is 21.5 Å². The van der Waals surface area contributed by atoms with Gasteiger partial charge in [-0.1, -0.05) is 28.1 Å². The van der Waals surface area contributed by atoms with Gasteiger partial charge < -0.3 is 5.32 Å². The summed E-state index contributed by atoms with van der Waals surface area (Å²) in [4.78, 5) is 15.2. The van der Waals surface area contributed by atoms with Gasteiger partial charge in [-0.05, 0) is 48.4 Å². The van der Waals surface area contributed by atoms with Crippen molar-refractivity contribution in [1.82, 2.24) is 14.7 Å². The lowest BCUT2D eigenvalue weighted by Gasteiger charge is -2.26. The summed E-state index contributed by atoms with van der Waals surface area (Å²) in [6, 6.07) is 14.1. The number of rotatable bonds is 5. The summed E-state index contributed by atoms with van der Waals surface area (Å²) in [7, 11) is 0. The first-order chi connectivity index (χ1) is 14.1. The number of halogens is 1. The molecule has 7 heteroatoms. The summed E-state index contributed by atoms with van der Waals surface area (Å²) < 4.78 is 2.71. The van der Waals surface area contributed by atoms with E-state index in [9.17, 15) is 4.79 Å². The lowest BCUT2D eigenvalue weighted by molar-refractivity contribution is 0.102. The summed E-state index contributed by atoms with van der Waals surface area (Å²) >= 11 is 5.45. The topological polar surface area (TPSA) is 50.2 Å². The van der Waals surface area contributed by atoms with E-state index in [1.54, 1.807) is 17.1 Å². The fourth-order valence-corrected chi connectivity index (χ4v) is 4.59. The van der Waals surface area contributed by atoms with Crippen LogP contribution in [0.25, 0.3) is 5.69 Å². The highest BCUT2D eigenvalue weighted by Gasteiger charge is 2.13. The normalized spacial score (nSPS) is 14.7. The predicted molar refractivity (Wildman–Crippen MR) is 123 cm³/mol. The van der Waals surface area contributed by atoms with Crippen molar-refractivity contribution >= 4 is 39.3 Å². The third kappa shape index (κ3) is 5.10. The molecule has 1 fully saturated rings. The first-order valence-corrected chi connectivity index (χ1v) is 11.5. The predicted octanol–water partition coefficient (Wildman–Crippen LogP) is 4.74. The lowest BCUT2D eigenvalue weighted by atomic mass is 10.1. The van der Waals surface area contributed by atoms with Crippen molar-refractivity contribution in [3.8, 4) is 5.69 Å². The van der Waals surface area contributed by atoms with E-state index in [2.05, 4.69) is 43.4 Å². The van der Waals surface area contributed by atoms with Crippen LogP contribution in [-0.2, 0) is 6.54 Å². The van der Waals surface area contributed by atoms with Crippen LogP contribution in [0, 0.1) is 6.92 Å². The number of amides is 1. The molecule has 1 saturated heterocycles. The van der Waals surface area contributed by atoms with Gasteiger partial charge in [-0.2, -0.15) is 16.9 Å². The molecule has 0 radical (unpaired) electrons. The molecule has 0 atom stereocenters. The Morgan fingerprint density at radius 1 is 1.17 bits per heavy atom. The minimum Gasteiger partial charge on any atom is -0.322 e. The van der Waals surface area contributed by atoms with Crippen LogP contribution in [0.4, 0.5) is 5.69 Å². The van der Waals surface area contributed by atoms with Crippen LogP contribution in [0.5, 0.6) is 0 Å². The van der Waals surface area contributed by atoms with E-state index in [-0.39, 0.29) is 5.91 Å². The first-order valence-electron chi connectivity index (χ1n) is 9.60. The van der Waals surface area contributed by atoms with Gasteiger partial charge in [0.15, 0.2) is 0 Å². The van der Waals surface area contributed by atoms with Gasteiger partial charge in [0.05, 0.1) is 17.4 Å². The van der Waals surface area contributed by atoms with Crippen LogP contribution in [0.2, 0.25) is 0 Å². The minimum atomic E-state index is -0.155. The highest BCUT2D eigenvalue weighted by atomic mass is 79.9. The molecule has 1 aliphatic rings. The summed E-state index contributed by atoms with van der Waals surface area (Å²) in [5.41, 5.74) is 4.63. The highest BCUT2D eigenvalue weighted by Crippen LogP contribution is 2.20. The van der Waals surface area contributed by atoms with Gasteiger partial charge in [-0.15, -0.1) is 0 Å². The summed E-state index contributed by atoms with van der Waals surface area (Å²) in [6.45, 7) is 5.29. The van der Waals surface area contributed by atoms with Gasteiger partial charge >= 0.3 is 0 Å². The molecule has 0 aliphatic carbocycles. The summed E-state index contributed by atoms with van der Waals surface area (Å²) in [6.07, 6.45) is 3.34. The van der Waals surface area contributed by atoms with Gasteiger partial charge in [0.25, 0.3) is 5.91 Å². The average molecular weight is 471 g/mol. The van der Waals surface area contributed by atoms with E-state index >= 15 is 0 Å². The molecule has 2 heterocycles. The molecular weight excluding hydrogens is 448 g/mol. The number of carbonyl (C=O) groups excluding carboxylic acids is 1. The zero-order valence-electron chi connectivity index (χ0n) is 16.3. The molecule has 0 spiro atoms. The molecule has 5 nitrogen and oxygen atoms in total. The number of nitrogens with one attached hydrogen (secondary N) is 1. The van der Waals surface area contributed by atoms with Crippen LogP contribution in [0.15, 0.2) is 59.3 Å². The Bertz CT molecular complexity index is 996. The van der Waals surface area contributed by atoms with Crippen molar-refractivity contribution in [2.75, 3.05) is 29.9 Å². The van der Waals surface area contributed by atoms with Crippen molar-refractivity contribution in [3.05, 3.63) is 76.0 Å². The minimum absolute atomic E-state index is 0.155. The second-order valence-corrected chi connectivity index (χ2v) is 9.28. The molecular formula is C22H23BrN4OS. The number of hydrogen-bond donors (Lipinski definition) is 1. The van der Waals surface area contributed by atoms with Gasteiger partial charge in [-0.3, -0.25) is 9.69 Å². The highest BCUT2D eigenvalue weighted by molar-refractivity contribution is 9.10. The van der Waals surface area contributed by atoms with Gasteiger partial charge in [-0.25, -0.2) is 4.68 Å². The summed E-state index contributed by atoms with van der Waals surface area (Å²) in [5, 5.41) is 7.33. The van der Waals surface area contributed by atoms with Gasteiger partial charge in [0.2, 0.25) is 0 Å². The Kier molecular flexibility index (Phi) is 6.37. The maximum absolute atomic E-state index is 12.7. The van der Waals surface area contributed by atoms with Crippen molar-refractivity contribution < 1.29 is 4.79 Å². The first kappa shape index (κ1) is 20.2. The second-order valence-electron chi connectivity index (χ2n) is 7.14. The molecule has 1 aromatic heterocycles. The fraction of sp³-hybridized carbons (Fsp3) is 0.273. The summed E-state index contributed by atoms with van der Waals surface area (Å²) in [5.74, 6) is 2.26. The molecule has 1 N–H and O–H groups in total. The van der Waals surface area contributed by atoms with E-state index in [0.717, 1.165) is 41.0 Å². The largest absolute Gasteiger partial charge is 0.322 e. The third-order valence-electron chi connectivity index (χ3n) is 4.98. The van der Waals surface area contributed by atoms with E-state index in [4.69, 9.17) is 0 Å². The number of carbonyl (C=O) groups is 1. The number of hydrogen-bond acceptors (Lipinski definition) is 4. The van der Waals surface area contributed by atoms with Crippen molar-refractivity contribution in [2.24, 2.45) is 0 Å². The van der Waals surface area contributed by atoms with E-state index in [1.165, 1.54) is 17.1 Å². The Morgan fingerprint density at radius 3 is 2.66 bits per heavy atom. The molecule has 0 unspecified atom stereocenters. The molecule has 29 heavy (non-hydrogen) atoms. The van der Waals surface area contributed by atoms with E-state index in [1.807, 2.05) is 49.0 Å². The van der Waals surface area contributed by atoms with Crippen LogP contribution in [0.3, 0.4) is 0 Å². The molecule has 1 aliphatic heterocycles. The zero-order chi connectivity index (χ0) is 20.2. The van der Waals surface area contributed by atoms with Crippen LogP contribution in [-0.4, -0.2) is 45.2 Å². The van der Waals surface area contributed by atoms with Gasteiger partial charge in [0, 0.05) is 47.5 Å². The number of benzene rings is 2. The molecule has 0 saturated carbocycles. The van der Waals surface area contributed by atoms with E-state index < -0.39 is 0 Å². The average Bonchev–Trinajstić information content (AvgIpc) is 3.22. The number of anilines is 1. The van der Waals surface area contributed by atoms with Crippen molar-refractivity contribution in [2.45, 2.75) is 13.5 Å². The van der Waals surface area contributed by atoms with E-state index in [0.29, 0.717) is 5.56 Å². The fourth-order valence-electron chi connectivity index (χ4n) is 3.35. The monoisotopic (exact) mass is 470 g/mol. The van der Waals surface area contributed by atoms with Crippen molar-refractivity contribution in [3.63, 3.8) is 0 Å². The molecule has 1 amide bonds. The molecule has 4 rings (SSSR count).